The van der Waals surface area contributed by atoms with Gasteiger partial charge < -0.3 is 9.84 Å². The van der Waals surface area contributed by atoms with E-state index >= 15 is 0 Å². The third-order valence-electron chi connectivity index (χ3n) is 4.15. The van der Waals surface area contributed by atoms with Crippen LogP contribution in [0.5, 0.6) is 5.75 Å². The van der Waals surface area contributed by atoms with Gasteiger partial charge >= 0.3 is 0 Å². The van der Waals surface area contributed by atoms with Gasteiger partial charge in [0.1, 0.15) is 11.4 Å². The maximum atomic E-state index is 11.3. The predicted octanol–water partition coefficient (Wildman–Crippen LogP) is 3.88. The molecule has 0 unspecified atom stereocenters. The van der Waals surface area contributed by atoms with Crippen molar-refractivity contribution in [3.63, 3.8) is 0 Å². The van der Waals surface area contributed by atoms with E-state index in [9.17, 15) is 5.11 Å². The van der Waals surface area contributed by atoms with Gasteiger partial charge in [0.15, 0.2) is 0 Å². The molecule has 1 aromatic heterocycles. The van der Waals surface area contributed by atoms with Gasteiger partial charge in [-0.05, 0) is 31.0 Å². The van der Waals surface area contributed by atoms with Gasteiger partial charge in [-0.15, -0.1) is 0 Å². The summed E-state index contributed by atoms with van der Waals surface area (Å²) in [4.78, 5) is 4.38. The van der Waals surface area contributed by atoms with Crippen molar-refractivity contribution in [1.82, 2.24) is 4.98 Å². The van der Waals surface area contributed by atoms with E-state index in [2.05, 4.69) is 11.9 Å². The molecule has 0 fully saturated rings. The van der Waals surface area contributed by atoms with Crippen molar-refractivity contribution >= 4 is 0 Å². The molecule has 0 bridgehead atoms. The quantitative estimate of drug-likeness (QED) is 0.875. The van der Waals surface area contributed by atoms with E-state index in [1.54, 1.807) is 13.3 Å². The second kappa shape index (κ2) is 6.72. The minimum atomic E-state index is -0.995. The van der Waals surface area contributed by atoms with Crippen LogP contribution in [0.4, 0.5) is 0 Å². The number of para-hydroxylation sites is 1. The Labute approximate surface area is 126 Å². The summed E-state index contributed by atoms with van der Waals surface area (Å²) < 4.78 is 5.47. The molecule has 0 amide bonds. The lowest BCUT2D eigenvalue weighted by Gasteiger charge is -2.35. The van der Waals surface area contributed by atoms with Crippen molar-refractivity contribution in [1.29, 1.82) is 0 Å². The van der Waals surface area contributed by atoms with Crippen molar-refractivity contribution in [2.45, 2.75) is 38.2 Å². The molecule has 0 aliphatic rings. The van der Waals surface area contributed by atoms with Gasteiger partial charge in [0.2, 0.25) is 0 Å². The molecular weight excluding hydrogens is 262 g/mol. The third-order valence-corrected chi connectivity index (χ3v) is 4.15. The molecule has 3 heteroatoms. The fraction of sp³-hybridized carbons (Fsp3) is 0.389. The number of pyridine rings is 1. The average molecular weight is 285 g/mol. The first-order valence-electron chi connectivity index (χ1n) is 7.44. The first-order chi connectivity index (χ1) is 10.2. The zero-order chi connectivity index (χ0) is 15.3. The summed E-state index contributed by atoms with van der Waals surface area (Å²) in [5, 5.41) is 11.3. The van der Waals surface area contributed by atoms with Crippen LogP contribution in [0.1, 0.15) is 43.9 Å². The smallest absolute Gasteiger partial charge is 0.122 e. The molecule has 1 heterocycles. The van der Waals surface area contributed by atoms with Crippen LogP contribution in [0, 0.1) is 0 Å². The monoisotopic (exact) mass is 285 g/mol. The highest BCUT2D eigenvalue weighted by Crippen LogP contribution is 2.43. The Bertz CT molecular complexity index is 570. The van der Waals surface area contributed by atoms with E-state index in [1.807, 2.05) is 49.4 Å². The van der Waals surface area contributed by atoms with Gasteiger partial charge in [0, 0.05) is 17.7 Å². The second-order valence-electron chi connectivity index (χ2n) is 5.20. The van der Waals surface area contributed by atoms with E-state index in [-0.39, 0.29) is 5.92 Å². The lowest BCUT2D eigenvalue weighted by molar-refractivity contribution is -0.00329. The van der Waals surface area contributed by atoms with Gasteiger partial charge in [-0.1, -0.05) is 38.1 Å². The molecule has 0 radical (unpaired) electrons. The van der Waals surface area contributed by atoms with Gasteiger partial charge in [0.25, 0.3) is 0 Å². The summed E-state index contributed by atoms with van der Waals surface area (Å²) >= 11 is 0. The van der Waals surface area contributed by atoms with Crippen molar-refractivity contribution in [2.24, 2.45) is 0 Å². The fourth-order valence-electron chi connectivity index (χ4n) is 2.99. The maximum absolute atomic E-state index is 11.3. The number of methoxy groups -OCH3 is 1. The number of rotatable bonds is 6. The highest BCUT2D eigenvalue weighted by Gasteiger charge is 2.39. The number of hydrogen-bond acceptors (Lipinski definition) is 3. The van der Waals surface area contributed by atoms with Crippen molar-refractivity contribution in [3.8, 4) is 5.75 Å². The molecule has 0 aliphatic carbocycles. The van der Waals surface area contributed by atoms with Crippen LogP contribution in [0.25, 0.3) is 0 Å². The van der Waals surface area contributed by atoms with Crippen molar-refractivity contribution in [3.05, 3.63) is 59.9 Å². The van der Waals surface area contributed by atoms with E-state index in [1.165, 1.54) is 0 Å². The average Bonchev–Trinajstić information content (AvgIpc) is 2.56. The zero-order valence-electron chi connectivity index (χ0n) is 12.9. The molecule has 21 heavy (non-hydrogen) atoms. The molecule has 0 saturated carbocycles. The van der Waals surface area contributed by atoms with Gasteiger partial charge in [-0.25, -0.2) is 0 Å². The lowest BCUT2D eigenvalue weighted by Crippen LogP contribution is -2.34. The molecule has 1 aromatic carbocycles. The van der Waals surface area contributed by atoms with Crippen LogP contribution in [-0.4, -0.2) is 17.2 Å². The predicted molar refractivity (Wildman–Crippen MR) is 84.5 cm³/mol. The Morgan fingerprint density at radius 2 is 1.86 bits per heavy atom. The number of nitrogens with zero attached hydrogens (tertiary/aromatic N) is 1. The Kier molecular flexibility index (Phi) is 4.97. The topological polar surface area (TPSA) is 42.4 Å². The Balaban J connectivity index is 2.52. The summed E-state index contributed by atoms with van der Waals surface area (Å²) in [5.41, 5.74) is 0.743. The number of hydrogen-bond donors (Lipinski definition) is 1. The van der Waals surface area contributed by atoms with Crippen LogP contribution >= 0.6 is 0 Å². The SMILES string of the molecule is CC[C@H](c1ccccc1OC)[C@@](O)(CC)c1ccccn1. The molecule has 2 aromatic rings. The molecular formula is C18H23NO2. The minimum Gasteiger partial charge on any atom is -0.496 e. The second-order valence-corrected chi connectivity index (χ2v) is 5.20. The Morgan fingerprint density at radius 3 is 2.43 bits per heavy atom. The van der Waals surface area contributed by atoms with E-state index in [4.69, 9.17) is 4.74 Å². The number of aromatic nitrogens is 1. The molecule has 2 rings (SSSR count). The highest BCUT2D eigenvalue weighted by atomic mass is 16.5. The molecule has 0 spiro atoms. The number of aliphatic hydroxyl groups is 1. The number of benzene rings is 1. The summed E-state index contributed by atoms with van der Waals surface area (Å²) in [7, 11) is 1.66. The van der Waals surface area contributed by atoms with Crippen LogP contribution in [0.15, 0.2) is 48.7 Å². The van der Waals surface area contributed by atoms with Gasteiger partial charge in [-0.3, -0.25) is 4.98 Å². The molecule has 2 atom stereocenters. The van der Waals surface area contributed by atoms with Gasteiger partial charge in [0.05, 0.1) is 12.8 Å². The van der Waals surface area contributed by atoms with Crippen LogP contribution in [0.3, 0.4) is 0 Å². The van der Waals surface area contributed by atoms with E-state index in [0.717, 1.165) is 17.7 Å². The molecule has 112 valence electrons. The van der Waals surface area contributed by atoms with Crippen LogP contribution < -0.4 is 4.74 Å². The Morgan fingerprint density at radius 1 is 1.14 bits per heavy atom. The third kappa shape index (κ3) is 2.93. The first kappa shape index (κ1) is 15.5. The fourth-order valence-corrected chi connectivity index (χ4v) is 2.99. The molecule has 0 aliphatic heterocycles. The summed E-state index contributed by atoms with van der Waals surface area (Å²) in [6.45, 7) is 4.08. The summed E-state index contributed by atoms with van der Waals surface area (Å²) in [6.07, 6.45) is 3.13. The van der Waals surface area contributed by atoms with E-state index < -0.39 is 5.60 Å². The van der Waals surface area contributed by atoms with Gasteiger partial charge in [-0.2, -0.15) is 0 Å². The van der Waals surface area contributed by atoms with Crippen molar-refractivity contribution < 1.29 is 9.84 Å². The summed E-state index contributed by atoms with van der Waals surface area (Å²) in [6, 6.07) is 13.6. The van der Waals surface area contributed by atoms with E-state index in [0.29, 0.717) is 12.1 Å². The Hall–Kier alpha value is -1.87. The van der Waals surface area contributed by atoms with Crippen LogP contribution in [0.2, 0.25) is 0 Å². The summed E-state index contributed by atoms with van der Waals surface area (Å²) in [5.74, 6) is 0.751. The van der Waals surface area contributed by atoms with Crippen molar-refractivity contribution in [2.75, 3.05) is 7.11 Å². The molecule has 1 N–H and O–H groups in total. The maximum Gasteiger partial charge on any atom is 0.122 e. The zero-order valence-corrected chi connectivity index (χ0v) is 12.9. The lowest BCUT2D eigenvalue weighted by atomic mass is 9.76. The standard InChI is InChI=1S/C18H23NO2/c1-4-15(14-10-6-7-11-16(14)21-3)18(20,5-2)17-12-8-9-13-19-17/h6-13,15,20H,4-5H2,1-3H3/t15-,18+/m1/s1. The molecule has 3 nitrogen and oxygen atoms in total. The largest absolute Gasteiger partial charge is 0.496 e. The molecule has 0 saturated heterocycles. The minimum absolute atomic E-state index is 0.0615. The first-order valence-corrected chi connectivity index (χ1v) is 7.44. The highest BCUT2D eigenvalue weighted by molar-refractivity contribution is 5.39. The normalized spacial score (nSPS) is 15.2. The van der Waals surface area contributed by atoms with Crippen LogP contribution in [-0.2, 0) is 5.60 Å². The number of ether oxygens (including phenoxy) is 1.